The van der Waals surface area contributed by atoms with E-state index in [4.69, 9.17) is 0 Å². The van der Waals surface area contributed by atoms with E-state index in [1.807, 2.05) is 12.1 Å². The molecule has 0 radical (unpaired) electrons. The Hall–Kier alpha value is -1.12. The van der Waals surface area contributed by atoms with Crippen LogP contribution in [0.3, 0.4) is 0 Å². The number of hydrogen-bond donors (Lipinski definition) is 1. The van der Waals surface area contributed by atoms with Crippen molar-refractivity contribution in [2.45, 2.75) is 17.9 Å². The molecule has 0 fully saturated rings. The Morgan fingerprint density at radius 1 is 0.824 bits per heavy atom. The van der Waals surface area contributed by atoms with E-state index in [1.165, 1.54) is 11.1 Å². The molecule has 2 aromatic carbocycles. The molecule has 0 saturated carbocycles. The van der Waals surface area contributed by atoms with E-state index in [1.54, 1.807) is 0 Å². The van der Waals surface area contributed by atoms with Crippen molar-refractivity contribution in [2.75, 3.05) is 0 Å². The summed E-state index contributed by atoms with van der Waals surface area (Å²) in [5.41, 5.74) is 2.54. The van der Waals surface area contributed by atoms with Crippen LogP contribution in [0.15, 0.2) is 60.7 Å². The van der Waals surface area contributed by atoms with Gasteiger partial charge in [-0.25, -0.2) is 0 Å². The lowest BCUT2D eigenvalue weighted by Crippen LogP contribution is -2.20. The summed E-state index contributed by atoms with van der Waals surface area (Å²) in [6.07, 6.45) is 0. The Kier molecular flexibility index (Phi) is 4.35. The molecule has 88 valence electrons. The topological polar surface area (TPSA) is 12.0 Å². The highest BCUT2D eigenvalue weighted by atomic mass is 79.9. The lowest BCUT2D eigenvalue weighted by atomic mass is 10.1. The maximum absolute atomic E-state index is 3.67. The minimum Gasteiger partial charge on any atom is -0.294 e. The van der Waals surface area contributed by atoms with Crippen LogP contribution in [0.2, 0.25) is 0 Å². The van der Waals surface area contributed by atoms with Crippen molar-refractivity contribution >= 4 is 15.9 Å². The van der Waals surface area contributed by atoms with Crippen molar-refractivity contribution in [1.82, 2.24) is 5.32 Å². The first-order valence-electron chi connectivity index (χ1n) is 5.77. The summed E-state index contributed by atoms with van der Waals surface area (Å²) in [5, 5.41) is 3.53. The first kappa shape index (κ1) is 12.3. The van der Waals surface area contributed by atoms with Crippen molar-refractivity contribution in [3.63, 3.8) is 0 Å². The van der Waals surface area contributed by atoms with E-state index in [0.717, 1.165) is 0 Å². The fraction of sp³-hybridized carbons (Fsp3) is 0.200. The fourth-order valence-corrected chi connectivity index (χ4v) is 2.48. The number of nitrogens with one attached hydrogen (secondary N) is 1. The lowest BCUT2D eigenvalue weighted by molar-refractivity contribution is 0.570. The van der Waals surface area contributed by atoms with Crippen LogP contribution in [0.4, 0.5) is 0 Å². The van der Waals surface area contributed by atoms with Crippen LogP contribution in [0.25, 0.3) is 0 Å². The Labute approximate surface area is 111 Å². The molecule has 0 saturated heterocycles. The largest absolute Gasteiger partial charge is 0.294 e. The van der Waals surface area contributed by atoms with Crippen molar-refractivity contribution in [3.8, 4) is 0 Å². The highest BCUT2D eigenvalue weighted by Crippen LogP contribution is 2.23. The number of halogens is 1. The van der Waals surface area contributed by atoms with Gasteiger partial charge < -0.3 is 0 Å². The van der Waals surface area contributed by atoms with Crippen LogP contribution < -0.4 is 5.32 Å². The number of benzene rings is 2. The third kappa shape index (κ3) is 3.42. The summed E-state index contributed by atoms with van der Waals surface area (Å²) >= 11 is 3.67. The van der Waals surface area contributed by atoms with E-state index in [9.17, 15) is 0 Å². The van der Waals surface area contributed by atoms with Gasteiger partial charge in [0.2, 0.25) is 0 Å². The van der Waals surface area contributed by atoms with E-state index in [0.29, 0.717) is 6.04 Å². The number of hydrogen-bond acceptors (Lipinski definition) is 1. The lowest BCUT2D eigenvalue weighted by Gasteiger charge is -2.19. The molecule has 0 aromatic heterocycles. The van der Waals surface area contributed by atoms with Crippen LogP contribution in [-0.4, -0.2) is 0 Å². The predicted octanol–water partition coefficient (Wildman–Crippen LogP) is 4.43. The maximum Gasteiger partial charge on any atom is 0.0891 e. The van der Waals surface area contributed by atoms with E-state index in [-0.39, 0.29) is 4.95 Å². The fourth-order valence-electron chi connectivity index (χ4n) is 1.78. The minimum atomic E-state index is 0.180. The molecule has 1 nitrogen and oxygen atoms in total. The molecule has 2 aromatic rings. The molecular weight excluding hydrogens is 274 g/mol. The van der Waals surface area contributed by atoms with Gasteiger partial charge in [-0.15, -0.1) is 0 Å². The number of alkyl halides is 1. The van der Waals surface area contributed by atoms with Gasteiger partial charge in [0.25, 0.3) is 0 Å². The van der Waals surface area contributed by atoms with Crippen LogP contribution in [-0.2, 0) is 0 Å². The van der Waals surface area contributed by atoms with Crippen molar-refractivity contribution in [3.05, 3.63) is 71.8 Å². The summed E-state index contributed by atoms with van der Waals surface area (Å²) < 4.78 is 0. The predicted molar refractivity (Wildman–Crippen MR) is 76.1 cm³/mol. The summed E-state index contributed by atoms with van der Waals surface area (Å²) in [6, 6.07) is 21.2. The molecule has 0 bridgehead atoms. The summed E-state index contributed by atoms with van der Waals surface area (Å²) in [5.74, 6) is 0. The second-order valence-corrected chi connectivity index (χ2v) is 4.99. The normalized spacial score (nSPS) is 14.2. The highest BCUT2D eigenvalue weighted by Gasteiger charge is 2.11. The first-order chi connectivity index (χ1) is 8.27. The van der Waals surface area contributed by atoms with Gasteiger partial charge >= 0.3 is 0 Å². The monoisotopic (exact) mass is 289 g/mol. The third-order valence-electron chi connectivity index (χ3n) is 2.79. The molecule has 0 aliphatic carbocycles. The van der Waals surface area contributed by atoms with Crippen molar-refractivity contribution in [2.24, 2.45) is 0 Å². The Balaban J connectivity index is 2.02. The quantitative estimate of drug-likeness (QED) is 0.649. The first-order valence-corrected chi connectivity index (χ1v) is 6.69. The van der Waals surface area contributed by atoms with Gasteiger partial charge in [0.15, 0.2) is 0 Å². The zero-order chi connectivity index (χ0) is 12.1. The molecule has 0 aliphatic heterocycles. The maximum atomic E-state index is 3.67. The highest BCUT2D eigenvalue weighted by molar-refractivity contribution is 9.09. The van der Waals surface area contributed by atoms with Gasteiger partial charge in [0.05, 0.1) is 4.95 Å². The molecule has 17 heavy (non-hydrogen) atoms. The molecule has 0 amide bonds. The average molecular weight is 290 g/mol. The second kappa shape index (κ2) is 5.99. The molecule has 2 atom stereocenters. The van der Waals surface area contributed by atoms with Crippen LogP contribution in [0.5, 0.6) is 0 Å². The molecule has 0 spiro atoms. The molecule has 0 heterocycles. The molecule has 2 unspecified atom stereocenters. The molecule has 0 aliphatic rings. The average Bonchev–Trinajstić information content (AvgIpc) is 2.40. The van der Waals surface area contributed by atoms with E-state index in [2.05, 4.69) is 76.7 Å². The van der Waals surface area contributed by atoms with Gasteiger partial charge in [0.1, 0.15) is 0 Å². The van der Waals surface area contributed by atoms with Crippen LogP contribution in [0, 0.1) is 0 Å². The zero-order valence-electron chi connectivity index (χ0n) is 9.81. The summed E-state index contributed by atoms with van der Waals surface area (Å²) in [6.45, 7) is 2.17. The van der Waals surface area contributed by atoms with Crippen LogP contribution in [0.1, 0.15) is 29.0 Å². The van der Waals surface area contributed by atoms with Crippen molar-refractivity contribution in [1.29, 1.82) is 0 Å². The summed E-state index contributed by atoms with van der Waals surface area (Å²) in [7, 11) is 0. The smallest absolute Gasteiger partial charge is 0.0891 e. The molecular formula is C15H16BrN. The SMILES string of the molecule is CC(NC(Br)c1ccccc1)c1ccccc1. The summed E-state index contributed by atoms with van der Waals surface area (Å²) in [4.78, 5) is 0.180. The van der Waals surface area contributed by atoms with Gasteiger partial charge in [-0.3, -0.25) is 5.32 Å². The van der Waals surface area contributed by atoms with Gasteiger partial charge in [0, 0.05) is 6.04 Å². The number of rotatable bonds is 4. The minimum absolute atomic E-state index is 0.180. The van der Waals surface area contributed by atoms with Crippen molar-refractivity contribution < 1.29 is 0 Å². The molecule has 1 N–H and O–H groups in total. The zero-order valence-corrected chi connectivity index (χ0v) is 11.4. The van der Waals surface area contributed by atoms with Gasteiger partial charge in [-0.2, -0.15) is 0 Å². The Morgan fingerprint density at radius 2 is 1.29 bits per heavy atom. The van der Waals surface area contributed by atoms with Crippen LogP contribution >= 0.6 is 15.9 Å². The molecule has 2 rings (SSSR count). The molecule has 2 heteroatoms. The second-order valence-electron chi connectivity index (χ2n) is 4.07. The standard InChI is InChI=1S/C15H16BrN/c1-12(13-8-4-2-5-9-13)17-15(16)14-10-6-3-7-11-14/h2-12,15,17H,1H3. The third-order valence-corrected chi connectivity index (χ3v) is 3.58. The van der Waals surface area contributed by atoms with Gasteiger partial charge in [-0.05, 0) is 18.1 Å². The Bertz CT molecular complexity index is 397. The Morgan fingerprint density at radius 3 is 1.82 bits per heavy atom. The van der Waals surface area contributed by atoms with E-state index < -0.39 is 0 Å². The van der Waals surface area contributed by atoms with Gasteiger partial charge in [-0.1, -0.05) is 76.6 Å². The van der Waals surface area contributed by atoms with E-state index >= 15 is 0 Å².